The van der Waals surface area contributed by atoms with Crippen LogP contribution in [-0.4, -0.2) is 33.2 Å². The number of ether oxygens (including phenoxy) is 1. The van der Waals surface area contributed by atoms with Crippen LogP contribution in [0.3, 0.4) is 0 Å². The summed E-state index contributed by atoms with van der Waals surface area (Å²) in [5, 5.41) is 2.83. The van der Waals surface area contributed by atoms with Gasteiger partial charge in [-0.2, -0.15) is 0 Å². The number of benzene rings is 2. The number of sulfonamides is 1. The van der Waals surface area contributed by atoms with E-state index < -0.39 is 16.1 Å². The van der Waals surface area contributed by atoms with Gasteiger partial charge in [-0.25, -0.2) is 8.42 Å². The summed E-state index contributed by atoms with van der Waals surface area (Å²) in [5.74, 6) is 0.00219. The first-order valence-electron chi connectivity index (χ1n) is 9.53. The van der Waals surface area contributed by atoms with E-state index in [1.165, 1.54) is 4.31 Å². The van der Waals surface area contributed by atoms with Crippen molar-refractivity contribution in [3.8, 4) is 5.75 Å². The fourth-order valence-corrected chi connectivity index (χ4v) is 4.12. The monoisotopic (exact) mass is 416 g/mol. The molecule has 2 aromatic carbocycles. The van der Waals surface area contributed by atoms with Crippen molar-refractivity contribution in [3.63, 3.8) is 0 Å². The van der Waals surface area contributed by atoms with Crippen molar-refractivity contribution in [1.29, 1.82) is 0 Å². The third kappa shape index (κ3) is 4.56. The second-order valence-corrected chi connectivity index (χ2v) is 10.5. The van der Waals surface area contributed by atoms with E-state index in [1.807, 2.05) is 44.2 Å². The van der Waals surface area contributed by atoms with Gasteiger partial charge in [0.05, 0.1) is 18.5 Å². The minimum atomic E-state index is -3.58. The van der Waals surface area contributed by atoms with Crippen LogP contribution in [0, 0.1) is 13.8 Å². The molecular formula is C22H28N2O4S. The number of hydrogen-bond acceptors (Lipinski definition) is 4. The largest absolute Gasteiger partial charge is 0.476 e. The van der Waals surface area contributed by atoms with Crippen LogP contribution < -0.4 is 14.4 Å². The maximum atomic E-state index is 12.8. The molecule has 0 saturated carbocycles. The number of rotatable bonds is 3. The highest BCUT2D eigenvalue weighted by Crippen LogP contribution is 2.38. The molecule has 1 amide bonds. The SMILES string of the molecule is Cc1ccc(NC(=O)C2CN(S(C)(=O)=O)c3cc(C(C)(C)C)ccc3O2)cc1C. The van der Waals surface area contributed by atoms with Crippen molar-refractivity contribution in [3.05, 3.63) is 53.1 Å². The van der Waals surface area contributed by atoms with Crippen molar-refractivity contribution < 1.29 is 17.9 Å². The summed E-state index contributed by atoms with van der Waals surface area (Å²) >= 11 is 0. The normalized spacial score (nSPS) is 16.8. The second kappa shape index (κ2) is 7.37. The molecule has 2 aromatic rings. The van der Waals surface area contributed by atoms with Crippen LogP contribution >= 0.6 is 0 Å². The topological polar surface area (TPSA) is 75.7 Å². The minimum Gasteiger partial charge on any atom is -0.476 e. The smallest absolute Gasteiger partial charge is 0.267 e. The van der Waals surface area contributed by atoms with E-state index in [4.69, 9.17) is 4.74 Å². The summed E-state index contributed by atoms with van der Waals surface area (Å²) in [4.78, 5) is 12.8. The van der Waals surface area contributed by atoms with Crippen LogP contribution in [0.5, 0.6) is 5.75 Å². The number of fused-ring (bicyclic) bond motifs is 1. The average Bonchev–Trinajstić information content (AvgIpc) is 2.61. The molecule has 0 fully saturated rings. The molecule has 0 aromatic heterocycles. The zero-order valence-corrected chi connectivity index (χ0v) is 18.6. The zero-order valence-electron chi connectivity index (χ0n) is 17.7. The van der Waals surface area contributed by atoms with Crippen LogP contribution in [0.4, 0.5) is 11.4 Å². The van der Waals surface area contributed by atoms with Crippen molar-refractivity contribution in [2.45, 2.75) is 46.1 Å². The highest BCUT2D eigenvalue weighted by atomic mass is 32.2. The number of nitrogens with zero attached hydrogens (tertiary/aromatic N) is 1. The summed E-state index contributed by atoms with van der Waals surface area (Å²) in [6.45, 7) is 10.1. The molecule has 0 aliphatic carbocycles. The predicted octanol–water partition coefficient (Wildman–Crippen LogP) is 3.77. The number of aryl methyl sites for hydroxylation is 2. The predicted molar refractivity (Wildman–Crippen MR) is 116 cm³/mol. The van der Waals surface area contributed by atoms with Gasteiger partial charge in [0.1, 0.15) is 5.75 Å². The molecule has 0 spiro atoms. The molecule has 1 N–H and O–H groups in total. The first kappa shape index (κ1) is 21.2. The molecule has 0 radical (unpaired) electrons. The van der Waals surface area contributed by atoms with Crippen LogP contribution in [0.15, 0.2) is 36.4 Å². The van der Waals surface area contributed by atoms with Crippen molar-refractivity contribution in [1.82, 2.24) is 0 Å². The molecule has 29 heavy (non-hydrogen) atoms. The second-order valence-electron chi connectivity index (χ2n) is 8.62. The van der Waals surface area contributed by atoms with E-state index in [0.29, 0.717) is 17.1 Å². The third-order valence-corrected chi connectivity index (χ3v) is 6.31. The van der Waals surface area contributed by atoms with Gasteiger partial charge in [-0.3, -0.25) is 9.10 Å². The third-order valence-electron chi connectivity index (χ3n) is 5.16. The lowest BCUT2D eigenvalue weighted by Gasteiger charge is -2.35. The van der Waals surface area contributed by atoms with Crippen LogP contribution in [0.2, 0.25) is 0 Å². The van der Waals surface area contributed by atoms with Gasteiger partial charge in [-0.15, -0.1) is 0 Å². The highest BCUT2D eigenvalue weighted by molar-refractivity contribution is 7.92. The van der Waals surface area contributed by atoms with Crippen LogP contribution in [0.25, 0.3) is 0 Å². The number of anilines is 2. The van der Waals surface area contributed by atoms with E-state index >= 15 is 0 Å². The lowest BCUT2D eigenvalue weighted by atomic mass is 9.86. The molecular weight excluding hydrogens is 388 g/mol. The van der Waals surface area contributed by atoms with Gasteiger partial charge in [0, 0.05) is 5.69 Å². The molecule has 1 aliphatic heterocycles. The van der Waals surface area contributed by atoms with Gasteiger partial charge in [-0.1, -0.05) is 32.9 Å². The fraction of sp³-hybridized carbons (Fsp3) is 0.409. The average molecular weight is 417 g/mol. The Morgan fingerprint density at radius 2 is 1.79 bits per heavy atom. The Morgan fingerprint density at radius 3 is 2.38 bits per heavy atom. The molecule has 3 rings (SSSR count). The van der Waals surface area contributed by atoms with E-state index in [9.17, 15) is 13.2 Å². The van der Waals surface area contributed by atoms with Crippen molar-refractivity contribution in [2.75, 3.05) is 22.4 Å². The molecule has 1 aliphatic rings. The first-order valence-corrected chi connectivity index (χ1v) is 11.4. The quantitative estimate of drug-likeness (QED) is 0.826. The van der Waals surface area contributed by atoms with Crippen LogP contribution in [-0.2, 0) is 20.2 Å². The zero-order chi connectivity index (χ0) is 21.6. The Hall–Kier alpha value is -2.54. The summed E-state index contributed by atoms with van der Waals surface area (Å²) in [6, 6.07) is 11.1. The molecule has 1 heterocycles. The fourth-order valence-electron chi connectivity index (χ4n) is 3.21. The van der Waals surface area contributed by atoms with Crippen LogP contribution in [0.1, 0.15) is 37.5 Å². The molecule has 0 bridgehead atoms. The molecule has 1 atom stereocenters. The van der Waals surface area contributed by atoms with Gasteiger partial charge in [0.2, 0.25) is 10.0 Å². The standard InChI is InChI=1S/C22H28N2O4S/c1-14-7-9-17(11-15(14)2)23-21(25)20-13-24(29(6,26)27)18-12-16(22(3,4)5)8-10-19(18)28-20/h7-12,20H,13H2,1-6H3,(H,23,25). The van der Waals surface area contributed by atoms with E-state index in [2.05, 4.69) is 26.1 Å². The maximum Gasteiger partial charge on any atom is 0.267 e. The minimum absolute atomic E-state index is 0.0733. The molecule has 7 heteroatoms. The van der Waals surface area contributed by atoms with Gasteiger partial charge in [0.15, 0.2) is 6.10 Å². The number of carbonyl (C=O) groups is 1. The van der Waals surface area contributed by atoms with E-state index in [0.717, 1.165) is 22.9 Å². The summed E-state index contributed by atoms with van der Waals surface area (Å²) in [6.07, 6.45) is 0.198. The Balaban J connectivity index is 1.92. The van der Waals surface area contributed by atoms with Crippen molar-refractivity contribution >= 4 is 27.3 Å². The first-order chi connectivity index (χ1) is 13.4. The number of amides is 1. The van der Waals surface area contributed by atoms with Gasteiger partial charge >= 0.3 is 0 Å². The van der Waals surface area contributed by atoms with Gasteiger partial charge in [-0.05, 0) is 60.2 Å². The Morgan fingerprint density at radius 1 is 1.10 bits per heavy atom. The summed E-state index contributed by atoms with van der Waals surface area (Å²) in [5.41, 5.74) is 4.16. The summed E-state index contributed by atoms with van der Waals surface area (Å²) < 4.78 is 32.1. The lowest BCUT2D eigenvalue weighted by Crippen LogP contribution is -2.48. The van der Waals surface area contributed by atoms with Gasteiger partial charge in [0.25, 0.3) is 5.91 Å². The number of nitrogens with one attached hydrogen (secondary N) is 1. The van der Waals surface area contributed by atoms with Gasteiger partial charge < -0.3 is 10.1 Å². The Bertz CT molecular complexity index is 1050. The number of hydrogen-bond donors (Lipinski definition) is 1. The molecule has 6 nitrogen and oxygen atoms in total. The van der Waals surface area contributed by atoms with E-state index in [-0.39, 0.29) is 17.9 Å². The highest BCUT2D eigenvalue weighted by Gasteiger charge is 2.36. The van der Waals surface area contributed by atoms with E-state index in [1.54, 1.807) is 6.07 Å². The lowest BCUT2D eigenvalue weighted by molar-refractivity contribution is -0.122. The Labute approximate surface area is 172 Å². The van der Waals surface area contributed by atoms with Crippen molar-refractivity contribution in [2.24, 2.45) is 0 Å². The molecule has 156 valence electrons. The number of carbonyl (C=O) groups excluding carboxylic acids is 1. The Kier molecular flexibility index (Phi) is 5.38. The summed E-state index contributed by atoms with van der Waals surface area (Å²) in [7, 11) is -3.58. The molecule has 0 saturated heterocycles. The maximum absolute atomic E-state index is 12.8. The molecule has 1 unspecified atom stereocenters.